The number of rotatable bonds is 2. The van der Waals surface area contributed by atoms with Crippen LogP contribution < -0.4 is 10.6 Å². The number of benzene rings is 2. The van der Waals surface area contributed by atoms with Gasteiger partial charge < -0.3 is 15.1 Å². The zero-order valence-corrected chi connectivity index (χ0v) is 14.1. The average Bonchev–Trinajstić information content (AvgIpc) is 2.95. The molecule has 4 aromatic rings. The number of nitrogens with zero attached hydrogens (tertiary/aromatic N) is 2. The Kier molecular flexibility index (Phi) is 3.76. The molecule has 0 spiro atoms. The van der Waals surface area contributed by atoms with Gasteiger partial charge in [0.25, 0.3) is 0 Å². The summed E-state index contributed by atoms with van der Waals surface area (Å²) in [5.74, 6) is 0.128. The lowest BCUT2D eigenvalue weighted by Crippen LogP contribution is -2.19. The molecule has 0 saturated carbocycles. The molecule has 4 rings (SSSR count). The summed E-state index contributed by atoms with van der Waals surface area (Å²) in [6, 6.07) is 11.1. The number of hydrogen-bond acceptors (Lipinski definition) is 4. The van der Waals surface area contributed by atoms with E-state index in [2.05, 4.69) is 20.6 Å². The first-order valence-electron chi connectivity index (χ1n) is 8.01. The van der Waals surface area contributed by atoms with E-state index in [9.17, 15) is 9.18 Å². The highest BCUT2D eigenvalue weighted by atomic mass is 19.1. The van der Waals surface area contributed by atoms with Crippen molar-refractivity contribution in [3.8, 4) is 0 Å². The number of anilines is 2. The van der Waals surface area contributed by atoms with E-state index in [1.165, 1.54) is 6.07 Å². The molecule has 0 atom stereocenters. The van der Waals surface area contributed by atoms with Gasteiger partial charge in [-0.05, 0) is 31.2 Å². The Morgan fingerprint density at radius 1 is 1.08 bits per heavy atom. The maximum absolute atomic E-state index is 14.0. The fraction of sp³-hybridized carbons (Fsp3) is 0.105. The number of fused-ring (bicyclic) bond motifs is 2. The number of aromatic nitrogens is 2. The van der Waals surface area contributed by atoms with E-state index in [0.717, 1.165) is 5.52 Å². The van der Waals surface area contributed by atoms with Crippen molar-refractivity contribution < 1.29 is 13.6 Å². The van der Waals surface area contributed by atoms with Gasteiger partial charge in [-0.15, -0.1) is 0 Å². The summed E-state index contributed by atoms with van der Waals surface area (Å²) in [4.78, 5) is 20.8. The first-order chi connectivity index (χ1) is 12.5. The fourth-order valence-electron chi connectivity index (χ4n) is 2.85. The fourth-order valence-corrected chi connectivity index (χ4v) is 2.85. The molecule has 2 amide bonds. The second-order valence-corrected chi connectivity index (χ2v) is 5.94. The van der Waals surface area contributed by atoms with Gasteiger partial charge in [0.1, 0.15) is 16.9 Å². The number of oxazole rings is 1. The van der Waals surface area contributed by atoms with E-state index in [0.29, 0.717) is 33.9 Å². The molecule has 130 valence electrons. The van der Waals surface area contributed by atoms with Crippen LogP contribution in [0.4, 0.5) is 20.6 Å². The molecule has 2 N–H and O–H groups in total. The van der Waals surface area contributed by atoms with Crippen molar-refractivity contribution in [2.45, 2.75) is 13.8 Å². The second-order valence-electron chi connectivity index (χ2n) is 5.94. The normalized spacial score (nSPS) is 11.0. The van der Waals surface area contributed by atoms with Gasteiger partial charge in [-0.1, -0.05) is 12.1 Å². The molecule has 0 unspecified atom stereocenters. The van der Waals surface area contributed by atoms with Crippen molar-refractivity contribution in [2.75, 3.05) is 10.6 Å². The maximum atomic E-state index is 14.0. The third-order valence-electron chi connectivity index (χ3n) is 3.92. The van der Waals surface area contributed by atoms with Crippen LogP contribution in [0, 0.1) is 19.7 Å². The van der Waals surface area contributed by atoms with Crippen LogP contribution in [0.2, 0.25) is 0 Å². The number of carbonyl (C=O) groups excluding carboxylic acids is 1. The Labute approximate surface area is 148 Å². The standard InChI is InChI=1S/C19H15FN4O2/c1-10-8-16(13-4-3-5-14(20)18(13)21-10)24-19(25)23-12-6-7-15-17(9-12)26-11(2)22-15/h3-9H,1-2H3,(H2,21,23,24,25). The molecule has 0 aliphatic carbocycles. The number of para-hydroxylation sites is 1. The SMILES string of the molecule is Cc1cc(NC(=O)Nc2ccc3nc(C)oc3c2)c2cccc(F)c2n1. The predicted octanol–water partition coefficient (Wildman–Crippen LogP) is 4.78. The monoisotopic (exact) mass is 350 g/mol. The van der Waals surface area contributed by atoms with Crippen molar-refractivity contribution >= 4 is 39.4 Å². The van der Waals surface area contributed by atoms with E-state index in [4.69, 9.17) is 4.42 Å². The third-order valence-corrected chi connectivity index (χ3v) is 3.92. The predicted molar refractivity (Wildman–Crippen MR) is 97.8 cm³/mol. The lowest BCUT2D eigenvalue weighted by Gasteiger charge is -2.11. The van der Waals surface area contributed by atoms with E-state index in [1.807, 2.05) is 0 Å². The molecule has 2 heterocycles. The molecule has 0 bridgehead atoms. The number of pyridine rings is 1. The molecular formula is C19H15FN4O2. The van der Waals surface area contributed by atoms with Crippen LogP contribution in [-0.4, -0.2) is 16.0 Å². The molecule has 26 heavy (non-hydrogen) atoms. The lowest BCUT2D eigenvalue weighted by atomic mass is 10.1. The highest BCUT2D eigenvalue weighted by Gasteiger charge is 2.11. The summed E-state index contributed by atoms with van der Waals surface area (Å²) in [5, 5.41) is 6.02. The van der Waals surface area contributed by atoms with Crippen molar-refractivity contribution in [3.63, 3.8) is 0 Å². The summed E-state index contributed by atoms with van der Waals surface area (Å²) in [7, 11) is 0. The Morgan fingerprint density at radius 3 is 2.77 bits per heavy atom. The largest absolute Gasteiger partial charge is 0.441 e. The van der Waals surface area contributed by atoms with E-state index in [1.54, 1.807) is 50.2 Å². The quantitative estimate of drug-likeness (QED) is 0.545. The zero-order chi connectivity index (χ0) is 18.3. The molecule has 7 heteroatoms. The van der Waals surface area contributed by atoms with E-state index >= 15 is 0 Å². The maximum Gasteiger partial charge on any atom is 0.323 e. The summed E-state index contributed by atoms with van der Waals surface area (Å²) in [6.07, 6.45) is 0. The van der Waals surface area contributed by atoms with Gasteiger partial charge in [-0.2, -0.15) is 0 Å². The van der Waals surface area contributed by atoms with Gasteiger partial charge >= 0.3 is 6.03 Å². The van der Waals surface area contributed by atoms with Crippen LogP contribution in [0.15, 0.2) is 46.9 Å². The Balaban J connectivity index is 1.61. The topological polar surface area (TPSA) is 80.0 Å². The number of aryl methyl sites for hydroxylation is 2. The van der Waals surface area contributed by atoms with Crippen LogP contribution >= 0.6 is 0 Å². The lowest BCUT2D eigenvalue weighted by molar-refractivity contribution is 0.262. The summed E-state index contributed by atoms with van der Waals surface area (Å²) in [6.45, 7) is 3.50. The Morgan fingerprint density at radius 2 is 1.92 bits per heavy atom. The first-order valence-corrected chi connectivity index (χ1v) is 8.01. The highest BCUT2D eigenvalue weighted by Crippen LogP contribution is 2.25. The summed E-state index contributed by atoms with van der Waals surface area (Å²) in [5.41, 5.74) is 3.19. The first kappa shape index (κ1) is 16.0. The van der Waals surface area contributed by atoms with Crippen molar-refractivity contribution in [1.82, 2.24) is 9.97 Å². The van der Waals surface area contributed by atoms with Gasteiger partial charge in [-0.25, -0.2) is 19.2 Å². The molecule has 0 fully saturated rings. The van der Waals surface area contributed by atoms with E-state index in [-0.39, 0.29) is 5.52 Å². The van der Waals surface area contributed by atoms with Crippen LogP contribution in [0.25, 0.3) is 22.0 Å². The number of hydrogen-bond donors (Lipinski definition) is 2. The van der Waals surface area contributed by atoms with Crippen LogP contribution in [0.1, 0.15) is 11.6 Å². The van der Waals surface area contributed by atoms with Gasteiger partial charge in [0, 0.05) is 29.8 Å². The second kappa shape index (κ2) is 6.11. The van der Waals surface area contributed by atoms with E-state index < -0.39 is 11.8 Å². The molecule has 2 aromatic heterocycles. The number of urea groups is 1. The number of amides is 2. The van der Waals surface area contributed by atoms with Crippen LogP contribution in [0.3, 0.4) is 0 Å². The third kappa shape index (κ3) is 2.95. The van der Waals surface area contributed by atoms with Crippen molar-refractivity contribution in [3.05, 3.63) is 59.9 Å². The Bertz CT molecular complexity index is 1150. The molecule has 0 aliphatic rings. The molecule has 6 nitrogen and oxygen atoms in total. The summed E-state index contributed by atoms with van der Waals surface area (Å²) >= 11 is 0. The smallest absolute Gasteiger partial charge is 0.323 e. The van der Waals surface area contributed by atoms with Gasteiger partial charge in [-0.3, -0.25) is 0 Å². The molecular weight excluding hydrogens is 335 g/mol. The van der Waals surface area contributed by atoms with Gasteiger partial charge in [0.05, 0.1) is 5.69 Å². The molecule has 2 aromatic carbocycles. The van der Waals surface area contributed by atoms with Crippen LogP contribution in [-0.2, 0) is 0 Å². The zero-order valence-electron chi connectivity index (χ0n) is 14.1. The number of carbonyl (C=O) groups is 1. The minimum absolute atomic E-state index is 0.223. The average molecular weight is 350 g/mol. The number of nitrogens with one attached hydrogen (secondary N) is 2. The minimum Gasteiger partial charge on any atom is -0.441 e. The van der Waals surface area contributed by atoms with Crippen molar-refractivity contribution in [2.24, 2.45) is 0 Å². The minimum atomic E-state index is -0.447. The van der Waals surface area contributed by atoms with Gasteiger partial charge in [0.2, 0.25) is 0 Å². The van der Waals surface area contributed by atoms with Crippen LogP contribution in [0.5, 0.6) is 0 Å². The number of halogens is 1. The molecule has 0 radical (unpaired) electrons. The van der Waals surface area contributed by atoms with Gasteiger partial charge in [0.15, 0.2) is 11.5 Å². The Hall–Kier alpha value is -3.48. The highest BCUT2D eigenvalue weighted by molar-refractivity contribution is 6.06. The van der Waals surface area contributed by atoms with Crippen molar-refractivity contribution in [1.29, 1.82) is 0 Å². The summed E-state index contributed by atoms with van der Waals surface area (Å²) < 4.78 is 19.4. The molecule has 0 saturated heterocycles. The molecule has 0 aliphatic heterocycles.